The lowest BCUT2D eigenvalue weighted by molar-refractivity contribution is -0.112. The Kier molecular flexibility index (Phi) is 5.13. The summed E-state index contributed by atoms with van der Waals surface area (Å²) < 4.78 is 0. The molecular formula is C22H20N2O2. The lowest BCUT2D eigenvalue weighted by Crippen LogP contribution is -1.97. The second-order valence-electron chi connectivity index (χ2n) is 6.09. The van der Waals surface area contributed by atoms with Crippen molar-refractivity contribution in [1.82, 2.24) is 0 Å². The number of benzene rings is 3. The number of carbonyl (C=O) groups excluding carboxylic acids is 1. The molecule has 0 saturated heterocycles. The van der Waals surface area contributed by atoms with Crippen molar-refractivity contribution in [3.8, 4) is 5.75 Å². The molecule has 3 aromatic rings. The summed E-state index contributed by atoms with van der Waals surface area (Å²) in [6.45, 7) is 3.36. The van der Waals surface area contributed by atoms with E-state index in [9.17, 15) is 9.90 Å². The van der Waals surface area contributed by atoms with Gasteiger partial charge in [0.25, 0.3) is 0 Å². The number of phenolic OH excluding ortho intramolecular Hbond substituents is 1. The van der Waals surface area contributed by atoms with Gasteiger partial charge >= 0.3 is 0 Å². The number of aromatic hydroxyl groups is 1. The molecule has 130 valence electrons. The van der Waals surface area contributed by atoms with Gasteiger partial charge in [0.15, 0.2) is 5.78 Å². The maximum absolute atomic E-state index is 11.1. The number of rotatable bonds is 5. The molecule has 4 nitrogen and oxygen atoms in total. The smallest absolute Gasteiger partial charge is 0.154 e. The number of ketones is 1. The molecule has 4 heteroatoms. The van der Waals surface area contributed by atoms with E-state index in [1.165, 1.54) is 6.92 Å². The van der Waals surface area contributed by atoms with Gasteiger partial charge in [-0.3, -0.25) is 9.79 Å². The normalized spacial score (nSPS) is 11.8. The summed E-state index contributed by atoms with van der Waals surface area (Å²) in [4.78, 5) is 15.6. The molecule has 0 aliphatic carbocycles. The van der Waals surface area contributed by atoms with E-state index in [2.05, 4.69) is 10.3 Å². The van der Waals surface area contributed by atoms with Crippen molar-refractivity contribution in [2.45, 2.75) is 13.8 Å². The van der Waals surface area contributed by atoms with Crippen LogP contribution in [0.5, 0.6) is 5.75 Å². The van der Waals surface area contributed by atoms with Crippen LogP contribution < -0.4 is 5.32 Å². The van der Waals surface area contributed by atoms with Crippen molar-refractivity contribution in [1.29, 1.82) is 0 Å². The Morgan fingerprint density at radius 2 is 1.73 bits per heavy atom. The summed E-state index contributed by atoms with van der Waals surface area (Å²) >= 11 is 0. The third-order valence-electron chi connectivity index (χ3n) is 3.92. The van der Waals surface area contributed by atoms with Crippen LogP contribution in [-0.4, -0.2) is 17.1 Å². The third kappa shape index (κ3) is 4.16. The second-order valence-corrected chi connectivity index (χ2v) is 6.09. The highest BCUT2D eigenvalue weighted by atomic mass is 16.3. The number of nitrogens with zero attached hydrogens (tertiary/aromatic N) is 1. The molecular weight excluding hydrogens is 324 g/mol. The van der Waals surface area contributed by atoms with E-state index in [-0.39, 0.29) is 11.5 Å². The van der Waals surface area contributed by atoms with E-state index in [4.69, 9.17) is 0 Å². The maximum Gasteiger partial charge on any atom is 0.154 e. The predicted molar refractivity (Wildman–Crippen MR) is 107 cm³/mol. The fourth-order valence-corrected chi connectivity index (χ4v) is 2.76. The zero-order chi connectivity index (χ0) is 18.5. The standard InChI is InChI=1S/C22H20N2O2/c1-15(13-16(2)25)24-19-10-8-18(9-11-19)23-14-21-20-6-4-3-5-17(20)7-12-22(21)26/h3-14,24,26H,1-2H3. The first-order valence-electron chi connectivity index (χ1n) is 8.33. The topological polar surface area (TPSA) is 61.7 Å². The second kappa shape index (κ2) is 7.66. The molecule has 0 saturated carbocycles. The van der Waals surface area contributed by atoms with Crippen LogP contribution in [0.4, 0.5) is 11.4 Å². The average Bonchev–Trinajstić information content (AvgIpc) is 2.61. The van der Waals surface area contributed by atoms with E-state index in [1.807, 2.05) is 61.5 Å². The van der Waals surface area contributed by atoms with Gasteiger partial charge in [-0.05, 0) is 61.0 Å². The van der Waals surface area contributed by atoms with Crippen LogP contribution in [0.1, 0.15) is 19.4 Å². The molecule has 0 atom stereocenters. The van der Waals surface area contributed by atoms with Crippen molar-refractivity contribution in [3.05, 3.63) is 78.0 Å². The van der Waals surface area contributed by atoms with E-state index >= 15 is 0 Å². The van der Waals surface area contributed by atoms with E-state index < -0.39 is 0 Å². The molecule has 0 unspecified atom stereocenters. The Hall–Kier alpha value is -3.40. The minimum absolute atomic E-state index is 0.00566. The fraction of sp³-hybridized carbons (Fsp3) is 0.0909. The summed E-state index contributed by atoms with van der Waals surface area (Å²) in [7, 11) is 0. The third-order valence-corrected chi connectivity index (χ3v) is 3.92. The molecule has 0 aliphatic heterocycles. The summed E-state index contributed by atoms with van der Waals surface area (Å²) in [5, 5.41) is 15.3. The Bertz CT molecular complexity index is 1000. The number of aliphatic imine (C=N–C) groups is 1. The zero-order valence-electron chi connectivity index (χ0n) is 14.7. The van der Waals surface area contributed by atoms with Gasteiger partial charge in [-0.1, -0.05) is 30.3 Å². The Morgan fingerprint density at radius 3 is 2.46 bits per heavy atom. The van der Waals surface area contributed by atoms with E-state index in [1.54, 1.807) is 18.4 Å². The number of fused-ring (bicyclic) bond motifs is 1. The highest BCUT2D eigenvalue weighted by Crippen LogP contribution is 2.26. The highest BCUT2D eigenvalue weighted by Gasteiger charge is 2.04. The number of carbonyl (C=O) groups is 1. The molecule has 0 aliphatic rings. The van der Waals surface area contributed by atoms with Crippen molar-refractivity contribution < 1.29 is 9.90 Å². The van der Waals surface area contributed by atoms with Crippen LogP contribution in [0.2, 0.25) is 0 Å². The summed E-state index contributed by atoms with van der Waals surface area (Å²) in [5.74, 6) is 0.210. The molecule has 0 spiro atoms. The van der Waals surface area contributed by atoms with E-state index in [0.717, 1.165) is 27.8 Å². The molecule has 26 heavy (non-hydrogen) atoms. The van der Waals surface area contributed by atoms with Gasteiger partial charge in [0, 0.05) is 23.2 Å². The van der Waals surface area contributed by atoms with Crippen LogP contribution in [0, 0.1) is 0 Å². The average molecular weight is 344 g/mol. The van der Waals surface area contributed by atoms with Gasteiger partial charge in [0.05, 0.1) is 5.69 Å². The van der Waals surface area contributed by atoms with Crippen molar-refractivity contribution in [2.75, 3.05) is 5.32 Å². The fourth-order valence-electron chi connectivity index (χ4n) is 2.76. The van der Waals surface area contributed by atoms with Crippen molar-refractivity contribution in [2.24, 2.45) is 4.99 Å². The number of hydrogen-bond donors (Lipinski definition) is 2. The summed E-state index contributed by atoms with van der Waals surface area (Å²) in [6, 6.07) is 19.0. The van der Waals surface area contributed by atoms with Crippen LogP contribution in [0.25, 0.3) is 10.8 Å². The van der Waals surface area contributed by atoms with Crippen LogP contribution in [-0.2, 0) is 4.79 Å². The number of anilines is 1. The van der Waals surface area contributed by atoms with Crippen molar-refractivity contribution in [3.63, 3.8) is 0 Å². The molecule has 0 bridgehead atoms. The maximum atomic E-state index is 11.1. The number of nitrogens with one attached hydrogen (secondary N) is 1. The minimum Gasteiger partial charge on any atom is -0.507 e. The van der Waals surface area contributed by atoms with Gasteiger partial charge in [0.1, 0.15) is 5.75 Å². The number of hydrogen-bond acceptors (Lipinski definition) is 4. The number of allylic oxidation sites excluding steroid dienone is 2. The van der Waals surface area contributed by atoms with Crippen molar-refractivity contribution >= 4 is 34.1 Å². The van der Waals surface area contributed by atoms with Crippen LogP contribution >= 0.6 is 0 Å². The molecule has 3 rings (SSSR count). The van der Waals surface area contributed by atoms with Gasteiger partial charge in [0.2, 0.25) is 0 Å². The Morgan fingerprint density at radius 1 is 1.00 bits per heavy atom. The molecule has 0 heterocycles. The summed E-state index contributed by atoms with van der Waals surface area (Å²) in [6.07, 6.45) is 3.23. The molecule has 0 amide bonds. The largest absolute Gasteiger partial charge is 0.507 e. The SMILES string of the molecule is CC(=O)C=C(C)Nc1ccc(N=Cc2c(O)ccc3ccccc23)cc1. The van der Waals surface area contributed by atoms with Gasteiger partial charge in [-0.25, -0.2) is 0 Å². The summed E-state index contributed by atoms with van der Waals surface area (Å²) in [5.41, 5.74) is 3.14. The van der Waals surface area contributed by atoms with Gasteiger partial charge in [-0.15, -0.1) is 0 Å². The monoisotopic (exact) mass is 344 g/mol. The zero-order valence-corrected chi connectivity index (χ0v) is 14.7. The molecule has 2 N–H and O–H groups in total. The highest BCUT2D eigenvalue weighted by molar-refractivity contribution is 6.03. The first-order chi connectivity index (χ1) is 12.5. The quantitative estimate of drug-likeness (QED) is 0.494. The Balaban J connectivity index is 1.82. The van der Waals surface area contributed by atoms with Crippen LogP contribution in [0.3, 0.4) is 0 Å². The van der Waals surface area contributed by atoms with Gasteiger partial charge in [-0.2, -0.15) is 0 Å². The predicted octanol–water partition coefficient (Wildman–Crippen LogP) is 5.20. The lowest BCUT2D eigenvalue weighted by Gasteiger charge is -2.07. The molecule has 0 fully saturated rings. The van der Waals surface area contributed by atoms with Crippen LogP contribution in [0.15, 0.2) is 77.4 Å². The minimum atomic E-state index is 0.00566. The van der Waals surface area contributed by atoms with Gasteiger partial charge < -0.3 is 10.4 Å². The molecule has 0 aromatic heterocycles. The molecule has 0 radical (unpaired) electrons. The number of phenols is 1. The lowest BCUT2D eigenvalue weighted by atomic mass is 10.0. The Labute approximate surface area is 152 Å². The first-order valence-corrected chi connectivity index (χ1v) is 8.33. The first kappa shape index (κ1) is 17.4. The molecule has 3 aromatic carbocycles. The van der Waals surface area contributed by atoms with E-state index in [0.29, 0.717) is 5.56 Å².